The van der Waals surface area contributed by atoms with Crippen molar-refractivity contribution in [2.75, 3.05) is 13.2 Å². The van der Waals surface area contributed by atoms with Gasteiger partial charge in [0.05, 0.1) is 6.61 Å². The molecule has 4 heteroatoms. The third-order valence-corrected chi connectivity index (χ3v) is 1.72. The average molecular weight is 134 g/mol. The van der Waals surface area contributed by atoms with E-state index in [-0.39, 0.29) is 12.6 Å². The quantitative estimate of drug-likeness (QED) is 0.302. The Labute approximate surface area is 53.1 Å². The minimum Gasteiger partial charge on any atom is -0.390 e. The molecule has 4 nitrogen and oxygen atoms in total. The third-order valence-electron chi connectivity index (χ3n) is 1.72. The molecular weight excluding hydrogens is 122 g/mol. The lowest BCUT2D eigenvalue weighted by Gasteiger charge is -2.07. The second-order valence-electron chi connectivity index (χ2n) is 2.38. The molecule has 0 radical (unpaired) electrons. The highest BCUT2D eigenvalue weighted by atomic mass is 16.3. The Balaban J connectivity index is 2.41. The van der Waals surface area contributed by atoms with Gasteiger partial charge < -0.3 is 20.6 Å². The van der Waals surface area contributed by atoms with Crippen LogP contribution in [0.4, 0.5) is 0 Å². The van der Waals surface area contributed by atoms with Crippen molar-refractivity contribution in [1.82, 2.24) is 0 Å². The highest BCUT2D eigenvalue weighted by Crippen LogP contribution is 1.99. The fourth-order valence-electron chi connectivity index (χ4n) is 1.06. The smallest absolute Gasteiger partial charge is 0.139 e. The van der Waals surface area contributed by atoms with Gasteiger partial charge in [0, 0.05) is 0 Å². The molecule has 1 fully saturated rings. The van der Waals surface area contributed by atoms with Crippen LogP contribution in [0.2, 0.25) is 0 Å². The summed E-state index contributed by atoms with van der Waals surface area (Å²) in [6.07, 6.45) is -1.42. The molecule has 1 aliphatic rings. The Bertz CT molecular complexity index is 98.2. The zero-order chi connectivity index (χ0) is 6.85. The maximum atomic E-state index is 9.02. The molecular formula is C5H12NO3+. The average Bonchev–Trinajstić information content (AvgIpc) is 2.15. The minimum atomic E-state index is -0.755. The van der Waals surface area contributed by atoms with Gasteiger partial charge in [0.15, 0.2) is 0 Å². The molecule has 1 aliphatic heterocycles. The SMILES string of the molecule is OC[C@H]1[NH2+]C[C@@H](O)[C@H]1O. The molecule has 0 bridgehead atoms. The molecule has 0 saturated carbocycles. The molecule has 0 spiro atoms. The Morgan fingerprint density at radius 1 is 1.44 bits per heavy atom. The van der Waals surface area contributed by atoms with Gasteiger partial charge in [0.1, 0.15) is 24.8 Å². The van der Waals surface area contributed by atoms with Crippen LogP contribution in [0.5, 0.6) is 0 Å². The Kier molecular flexibility index (Phi) is 2.02. The fourth-order valence-corrected chi connectivity index (χ4v) is 1.06. The topological polar surface area (TPSA) is 77.3 Å². The van der Waals surface area contributed by atoms with Crippen molar-refractivity contribution < 1.29 is 20.6 Å². The van der Waals surface area contributed by atoms with Gasteiger partial charge in [-0.25, -0.2) is 0 Å². The zero-order valence-corrected chi connectivity index (χ0v) is 5.07. The van der Waals surface area contributed by atoms with Gasteiger partial charge in [0.25, 0.3) is 0 Å². The van der Waals surface area contributed by atoms with Crippen molar-refractivity contribution >= 4 is 0 Å². The van der Waals surface area contributed by atoms with Crippen LogP contribution in [0.1, 0.15) is 0 Å². The summed E-state index contributed by atoms with van der Waals surface area (Å²) in [5, 5.41) is 28.2. The number of quaternary nitrogens is 1. The lowest BCUT2D eigenvalue weighted by Crippen LogP contribution is -2.89. The monoisotopic (exact) mass is 134 g/mol. The normalized spacial score (nSPS) is 43.7. The molecule has 1 heterocycles. The molecule has 5 N–H and O–H groups in total. The predicted molar refractivity (Wildman–Crippen MR) is 29.7 cm³/mol. The Hall–Kier alpha value is -0.160. The maximum Gasteiger partial charge on any atom is 0.139 e. The summed E-state index contributed by atoms with van der Waals surface area (Å²) in [4.78, 5) is 0. The molecule has 9 heavy (non-hydrogen) atoms. The van der Waals surface area contributed by atoms with Crippen molar-refractivity contribution in [2.24, 2.45) is 0 Å². The van der Waals surface area contributed by atoms with Gasteiger partial charge in [0.2, 0.25) is 0 Å². The second kappa shape index (κ2) is 2.62. The molecule has 0 aromatic rings. The molecule has 3 atom stereocenters. The van der Waals surface area contributed by atoms with E-state index in [9.17, 15) is 0 Å². The van der Waals surface area contributed by atoms with Crippen LogP contribution in [0.3, 0.4) is 0 Å². The largest absolute Gasteiger partial charge is 0.390 e. The highest BCUT2D eigenvalue weighted by Gasteiger charge is 2.36. The van der Waals surface area contributed by atoms with E-state index in [0.29, 0.717) is 6.54 Å². The molecule has 54 valence electrons. The Morgan fingerprint density at radius 2 is 2.11 bits per heavy atom. The van der Waals surface area contributed by atoms with E-state index >= 15 is 0 Å². The molecule has 0 aromatic heterocycles. The van der Waals surface area contributed by atoms with Crippen molar-refractivity contribution in [1.29, 1.82) is 0 Å². The zero-order valence-electron chi connectivity index (χ0n) is 5.07. The van der Waals surface area contributed by atoms with E-state index in [0.717, 1.165) is 0 Å². The van der Waals surface area contributed by atoms with Crippen molar-refractivity contribution in [3.63, 3.8) is 0 Å². The van der Waals surface area contributed by atoms with Gasteiger partial charge in [-0.15, -0.1) is 0 Å². The summed E-state index contributed by atoms with van der Waals surface area (Å²) in [5.74, 6) is 0. The highest BCUT2D eigenvalue weighted by molar-refractivity contribution is 4.77. The van der Waals surface area contributed by atoms with Crippen molar-refractivity contribution in [3.05, 3.63) is 0 Å². The summed E-state index contributed by atoms with van der Waals surface area (Å²) in [7, 11) is 0. The third kappa shape index (κ3) is 1.21. The van der Waals surface area contributed by atoms with Crippen molar-refractivity contribution in [3.8, 4) is 0 Å². The number of aliphatic hydroxyl groups excluding tert-OH is 3. The first-order valence-corrected chi connectivity index (χ1v) is 3.06. The molecule has 0 amide bonds. The van der Waals surface area contributed by atoms with Crippen LogP contribution < -0.4 is 5.32 Å². The van der Waals surface area contributed by atoms with Crippen LogP contribution in [-0.4, -0.2) is 46.7 Å². The van der Waals surface area contributed by atoms with E-state index in [1.807, 2.05) is 0 Å². The number of nitrogens with two attached hydrogens (primary N) is 1. The fraction of sp³-hybridized carbons (Fsp3) is 1.00. The minimum absolute atomic E-state index is 0.0712. The molecule has 0 unspecified atom stereocenters. The van der Waals surface area contributed by atoms with Crippen molar-refractivity contribution in [2.45, 2.75) is 18.2 Å². The molecule has 1 rings (SSSR count). The molecule has 0 aromatic carbocycles. The summed E-state index contributed by atoms with van der Waals surface area (Å²) >= 11 is 0. The molecule has 1 saturated heterocycles. The van der Waals surface area contributed by atoms with E-state index in [1.54, 1.807) is 5.32 Å². The van der Waals surface area contributed by atoms with E-state index in [1.165, 1.54) is 0 Å². The first-order valence-electron chi connectivity index (χ1n) is 3.06. The molecule has 0 aliphatic carbocycles. The number of aliphatic hydroxyl groups is 3. The number of hydrogen-bond donors (Lipinski definition) is 4. The summed E-state index contributed by atoms with van der Waals surface area (Å²) < 4.78 is 0. The first kappa shape index (κ1) is 6.95. The summed E-state index contributed by atoms with van der Waals surface area (Å²) in [6.45, 7) is 0.421. The van der Waals surface area contributed by atoms with Gasteiger partial charge in [-0.1, -0.05) is 0 Å². The van der Waals surface area contributed by atoms with Crippen LogP contribution in [0, 0.1) is 0 Å². The number of hydrogen-bond acceptors (Lipinski definition) is 3. The predicted octanol–water partition coefficient (Wildman–Crippen LogP) is -3.35. The van der Waals surface area contributed by atoms with E-state index in [2.05, 4.69) is 0 Å². The van der Waals surface area contributed by atoms with Gasteiger partial charge in [-0.05, 0) is 0 Å². The Morgan fingerprint density at radius 3 is 2.33 bits per heavy atom. The summed E-state index contributed by atoms with van der Waals surface area (Å²) in [5.41, 5.74) is 0. The van der Waals surface area contributed by atoms with E-state index < -0.39 is 12.2 Å². The summed E-state index contributed by atoms with van der Waals surface area (Å²) in [6, 6.07) is -0.222. The van der Waals surface area contributed by atoms with Gasteiger partial charge in [-0.3, -0.25) is 0 Å². The van der Waals surface area contributed by atoms with Crippen LogP contribution in [0.15, 0.2) is 0 Å². The van der Waals surface area contributed by atoms with Crippen LogP contribution in [0.25, 0.3) is 0 Å². The van der Waals surface area contributed by atoms with Crippen LogP contribution >= 0.6 is 0 Å². The first-order chi connectivity index (χ1) is 4.25. The lowest BCUT2D eigenvalue weighted by molar-refractivity contribution is -0.676. The maximum absolute atomic E-state index is 9.02. The second-order valence-corrected chi connectivity index (χ2v) is 2.38. The van der Waals surface area contributed by atoms with Gasteiger partial charge >= 0.3 is 0 Å². The van der Waals surface area contributed by atoms with E-state index in [4.69, 9.17) is 15.3 Å². The standard InChI is InChI=1S/C5H11NO3/c7-2-3-5(9)4(8)1-6-3/h3-9H,1-2H2/p+1/t3-,4-,5+/m1/s1. The number of rotatable bonds is 1. The van der Waals surface area contributed by atoms with Gasteiger partial charge in [-0.2, -0.15) is 0 Å². The lowest BCUT2D eigenvalue weighted by atomic mass is 10.1. The van der Waals surface area contributed by atoms with Crippen LogP contribution in [-0.2, 0) is 0 Å².